The van der Waals surface area contributed by atoms with Gasteiger partial charge in [-0.25, -0.2) is 0 Å². The largest absolute Gasteiger partial charge is 0.389 e. The van der Waals surface area contributed by atoms with Crippen molar-refractivity contribution in [3.8, 4) is 0 Å². The van der Waals surface area contributed by atoms with Gasteiger partial charge >= 0.3 is 0 Å². The van der Waals surface area contributed by atoms with E-state index in [1.807, 2.05) is 0 Å². The lowest BCUT2D eigenvalue weighted by Crippen LogP contribution is -2.20. The highest BCUT2D eigenvalue weighted by Crippen LogP contribution is 2.14. The first-order valence-electron chi connectivity index (χ1n) is 5.85. The van der Waals surface area contributed by atoms with E-state index in [4.69, 9.17) is 29.6 Å². The summed E-state index contributed by atoms with van der Waals surface area (Å²) < 4.78 is 1.54. The number of hydrogen-bond acceptors (Lipinski definition) is 3. The summed E-state index contributed by atoms with van der Waals surface area (Å²) in [4.78, 5) is 12.2. The molecule has 1 heterocycles. The molecule has 0 unspecified atom stereocenters. The average Bonchev–Trinajstić information content (AvgIpc) is 2.71. The molecular weight excluding hydrogens is 296 g/mol. The summed E-state index contributed by atoms with van der Waals surface area (Å²) in [5.74, 6) is -0.184. The lowest BCUT2D eigenvalue weighted by molar-refractivity contribution is -0.116. The SMILES string of the molecule is Cc1c(Cl)cnn1CC(=O)Nc1ccc(C(N)=S)cc1. The number of nitrogens with two attached hydrogens (primary N) is 1. The Morgan fingerprint density at radius 2 is 2.10 bits per heavy atom. The molecular formula is C13H13ClN4OS. The van der Waals surface area contributed by atoms with Gasteiger partial charge in [0.1, 0.15) is 11.5 Å². The van der Waals surface area contributed by atoms with Crippen molar-refractivity contribution in [2.24, 2.45) is 5.73 Å². The summed E-state index contributed by atoms with van der Waals surface area (Å²) >= 11 is 10.7. The molecule has 0 aliphatic carbocycles. The van der Waals surface area contributed by atoms with Crippen molar-refractivity contribution in [1.29, 1.82) is 0 Å². The fourth-order valence-electron chi connectivity index (χ4n) is 1.64. The zero-order chi connectivity index (χ0) is 14.7. The molecule has 5 nitrogen and oxygen atoms in total. The van der Waals surface area contributed by atoms with Crippen molar-refractivity contribution in [1.82, 2.24) is 9.78 Å². The second-order valence-corrected chi connectivity index (χ2v) is 5.07. The smallest absolute Gasteiger partial charge is 0.246 e. The topological polar surface area (TPSA) is 72.9 Å². The van der Waals surface area contributed by atoms with Crippen LogP contribution in [0.5, 0.6) is 0 Å². The number of nitrogens with zero attached hydrogens (tertiary/aromatic N) is 2. The van der Waals surface area contributed by atoms with Crippen molar-refractivity contribution in [2.45, 2.75) is 13.5 Å². The van der Waals surface area contributed by atoms with Crippen LogP contribution in [0.2, 0.25) is 5.02 Å². The van der Waals surface area contributed by atoms with Crippen LogP contribution in [0.3, 0.4) is 0 Å². The Bertz CT molecular complexity index is 651. The van der Waals surface area contributed by atoms with E-state index in [1.54, 1.807) is 35.9 Å². The number of halogens is 1. The van der Waals surface area contributed by atoms with Crippen LogP contribution in [0, 0.1) is 6.92 Å². The van der Waals surface area contributed by atoms with Gasteiger partial charge in [0.2, 0.25) is 5.91 Å². The van der Waals surface area contributed by atoms with Gasteiger partial charge in [0.25, 0.3) is 0 Å². The zero-order valence-electron chi connectivity index (χ0n) is 10.8. The first-order chi connectivity index (χ1) is 9.47. The third-order valence-electron chi connectivity index (χ3n) is 2.79. The molecule has 0 spiro atoms. The molecule has 20 heavy (non-hydrogen) atoms. The van der Waals surface area contributed by atoms with Gasteiger partial charge < -0.3 is 11.1 Å². The lowest BCUT2D eigenvalue weighted by atomic mass is 10.2. The van der Waals surface area contributed by atoms with Crippen LogP contribution in [-0.2, 0) is 11.3 Å². The molecule has 0 saturated heterocycles. The Labute approximate surface area is 126 Å². The number of carbonyl (C=O) groups is 1. The minimum Gasteiger partial charge on any atom is -0.389 e. The fourth-order valence-corrected chi connectivity index (χ4v) is 1.91. The molecule has 0 aliphatic heterocycles. The first kappa shape index (κ1) is 14.5. The maximum absolute atomic E-state index is 11.9. The number of rotatable bonds is 4. The quantitative estimate of drug-likeness (QED) is 0.849. The summed E-state index contributed by atoms with van der Waals surface area (Å²) in [6, 6.07) is 7.01. The van der Waals surface area contributed by atoms with Crippen LogP contribution in [-0.4, -0.2) is 20.7 Å². The summed E-state index contributed by atoms with van der Waals surface area (Å²) in [5, 5.41) is 7.33. The van der Waals surface area contributed by atoms with E-state index < -0.39 is 0 Å². The highest BCUT2D eigenvalue weighted by Gasteiger charge is 2.09. The molecule has 1 amide bonds. The summed E-state index contributed by atoms with van der Waals surface area (Å²) in [6.07, 6.45) is 1.52. The van der Waals surface area contributed by atoms with Crippen LogP contribution in [0.4, 0.5) is 5.69 Å². The van der Waals surface area contributed by atoms with Gasteiger partial charge in [-0.1, -0.05) is 23.8 Å². The highest BCUT2D eigenvalue weighted by atomic mass is 35.5. The van der Waals surface area contributed by atoms with Crippen LogP contribution < -0.4 is 11.1 Å². The van der Waals surface area contributed by atoms with E-state index in [0.717, 1.165) is 11.3 Å². The van der Waals surface area contributed by atoms with Crippen molar-refractivity contribution < 1.29 is 4.79 Å². The summed E-state index contributed by atoms with van der Waals surface area (Å²) in [6.45, 7) is 1.91. The van der Waals surface area contributed by atoms with Crippen LogP contribution in [0.15, 0.2) is 30.5 Å². The van der Waals surface area contributed by atoms with Gasteiger partial charge in [-0.3, -0.25) is 9.48 Å². The van der Waals surface area contributed by atoms with Crippen LogP contribution in [0.25, 0.3) is 0 Å². The molecule has 0 saturated carbocycles. The Morgan fingerprint density at radius 3 is 2.60 bits per heavy atom. The van der Waals surface area contributed by atoms with E-state index in [1.165, 1.54) is 6.20 Å². The fraction of sp³-hybridized carbons (Fsp3) is 0.154. The number of thiocarbonyl (C=S) groups is 1. The summed E-state index contributed by atoms with van der Waals surface area (Å²) in [7, 11) is 0. The highest BCUT2D eigenvalue weighted by molar-refractivity contribution is 7.80. The number of anilines is 1. The molecule has 2 aromatic rings. The van der Waals surface area contributed by atoms with E-state index in [-0.39, 0.29) is 12.5 Å². The number of aromatic nitrogens is 2. The van der Waals surface area contributed by atoms with Crippen molar-refractivity contribution in [3.63, 3.8) is 0 Å². The Kier molecular flexibility index (Phi) is 4.36. The summed E-state index contributed by atoms with van der Waals surface area (Å²) in [5.41, 5.74) is 7.69. The number of carbonyl (C=O) groups excluding carboxylic acids is 1. The Hall–Kier alpha value is -1.92. The van der Waals surface area contributed by atoms with Gasteiger partial charge in [-0.15, -0.1) is 0 Å². The standard InChI is InChI=1S/C13H13ClN4OS/c1-8-11(14)6-16-18(8)7-12(19)17-10-4-2-9(3-5-10)13(15)20/h2-6H,7H2,1H3,(H2,15,20)(H,17,19). The molecule has 3 N–H and O–H groups in total. The van der Waals surface area contributed by atoms with E-state index in [9.17, 15) is 4.79 Å². The first-order valence-corrected chi connectivity index (χ1v) is 6.63. The van der Waals surface area contributed by atoms with Gasteiger partial charge in [0.15, 0.2) is 0 Å². The van der Waals surface area contributed by atoms with Crippen LogP contribution >= 0.6 is 23.8 Å². The minimum atomic E-state index is -0.184. The molecule has 1 aromatic heterocycles. The monoisotopic (exact) mass is 308 g/mol. The number of amides is 1. The molecule has 0 bridgehead atoms. The van der Waals surface area contributed by atoms with Crippen LogP contribution in [0.1, 0.15) is 11.3 Å². The second-order valence-electron chi connectivity index (χ2n) is 4.23. The lowest BCUT2D eigenvalue weighted by Gasteiger charge is -2.07. The van der Waals surface area contributed by atoms with E-state index >= 15 is 0 Å². The molecule has 7 heteroatoms. The number of benzene rings is 1. The average molecular weight is 309 g/mol. The van der Waals surface area contributed by atoms with Crippen molar-refractivity contribution in [3.05, 3.63) is 46.7 Å². The zero-order valence-corrected chi connectivity index (χ0v) is 12.3. The minimum absolute atomic E-state index is 0.107. The van der Waals surface area contributed by atoms with Gasteiger partial charge in [0, 0.05) is 11.3 Å². The maximum atomic E-state index is 11.9. The van der Waals surface area contributed by atoms with E-state index in [0.29, 0.717) is 15.7 Å². The van der Waals surface area contributed by atoms with Gasteiger partial charge in [-0.05, 0) is 31.2 Å². The Morgan fingerprint density at radius 1 is 1.45 bits per heavy atom. The second kappa shape index (κ2) is 6.02. The van der Waals surface area contributed by atoms with Crippen molar-refractivity contribution in [2.75, 3.05) is 5.32 Å². The normalized spacial score (nSPS) is 10.3. The molecule has 1 aromatic carbocycles. The molecule has 2 rings (SSSR count). The molecule has 0 radical (unpaired) electrons. The molecule has 104 valence electrons. The Balaban J connectivity index is 2.01. The third-order valence-corrected chi connectivity index (χ3v) is 3.40. The predicted molar refractivity (Wildman–Crippen MR) is 82.9 cm³/mol. The van der Waals surface area contributed by atoms with Gasteiger partial charge in [0.05, 0.1) is 16.9 Å². The predicted octanol–water partition coefficient (Wildman–Crippen LogP) is 2.12. The molecule has 0 aliphatic rings. The molecule has 0 fully saturated rings. The third kappa shape index (κ3) is 3.34. The van der Waals surface area contributed by atoms with Crippen molar-refractivity contribution >= 4 is 40.4 Å². The number of nitrogens with one attached hydrogen (secondary N) is 1. The maximum Gasteiger partial charge on any atom is 0.246 e. The number of hydrogen-bond donors (Lipinski definition) is 2. The molecule has 0 atom stereocenters. The van der Waals surface area contributed by atoms with Gasteiger partial charge in [-0.2, -0.15) is 5.10 Å². The van der Waals surface area contributed by atoms with E-state index in [2.05, 4.69) is 10.4 Å².